The fraction of sp³-hybridized carbons (Fsp3) is 0.467. The Bertz CT molecular complexity index is 641. The van der Waals surface area contributed by atoms with Crippen molar-refractivity contribution in [3.8, 4) is 0 Å². The van der Waals surface area contributed by atoms with Gasteiger partial charge in [-0.05, 0) is 59.7 Å². The van der Waals surface area contributed by atoms with E-state index in [4.69, 9.17) is 4.42 Å². The van der Waals surface area contributed by atoms with Crippen molar-refractivity contribution >= 4 is 42.8 Å². The van der Waals surface area contributed by atoms with E-state index in [1.807, 2.05) is 0 Å². The van der Waals surface area contributed by atoms with Gasteiger partial charge in [0.15, 0.2) is 0 Å². The molecule has 2 saturated carbocycles. The van der Waals surface area contributed by atoms with Crippen LogP contribution in [0.4, 0.5) is 0 Å². The van der Waals surface area contributed by atoms with Gasteiger partial charge in [-0.15, -0.1) is 0 Å². The molecule has 19 heavy (non-hydrogen) atoms. The average Bonchev–Trinajstić information content (AvgIpc) is 3.26. The van der Waals surface area contributed by atoms with Crippen LogP contribution in [0.1, 0.15) is 42.9 Å². The molecule has 2 nitrogen and oxygen atoms in total. The van der Waals surface area contributed by atoms with Gasteiger partial charge in [0.05, 0.1) is 11.0 Å². The average molecular weight is 385 g/mol. The summed E-state index contributed by atoms with van der Waals surface area (Å²) in [5.41, 5.74) is 2.43. The highest BCUT2D eigenvalue weighted by atomic mass is 79.9. The zero-order valence-corrected chi connectivity index (χ0v) is 13.7. The molecule has 2 aliphatic carbocycles. The number of fused-ring (bicyclic) bond motifs is 1. The van der Waals surface area contributed by atoms with Crippen LogP contribution in [0.2, 0.25) is 0 Å². The predicted molar refractivity (Wildman–Crippen MR) is 83.5 cm³/mol. The Labute approximate surface area is 129 Å². The number of nitrogens with one attached hydrogen (secondary N) is 1. The number of benzene rings is 1. The smallest absolute Gasteiger partial charge is 0.148 e. The SMILES string of the molecule is Brc1cc(Br)c2oc(CNC3CC3)c(C3CC3)c2c1. The van der Waals surface area contributed by atoms with Crippen LogP contribution < -0.4 is 5.32 Å². The molecule has 0 radical (unpaired) electrons. The quantitative estimate of drug-likeness (QED) is 0.794. The molecular formula is C15H15Br2NO. The summed E-state index contributed by atoms with van der Waals surface area (Å²) in [6.45, 7) is 0.870. The predicted octanol–water partition coefficient (Wildman–Crippen LogP) is 5.09. The van der Waals surface area contributed by atoms with Gasteiger partial charge in [-0.3, -0.25) is 0 Å². The van der Waals surface area contributed by atoms with E-state index in [1.54, 1.807) is 0 Å². The van der Waals surface area contributed by atoms with Crippen molar-refractivity contribution in [1.29, 1.82) is 0 Å². The van der Waals surface area contributed by atoms with Crippen molar-refractivity contribution in [1.82, 2.24) is 5.32 Å². The molecule has 100 valence electrons. The molecule has 0 amide bonds. The molecule has 0 atom stereocenters. The molecule has 0 bridgehead atoms. The van der Waals surface area contributed by atoms with Gasteiger partial charge < -0.3 is 9.73 Å². The first-order valence-corrected chi connectivity index (χ1v) is 8.44. The summed E-state index contributed by atoms with van der Waals surface area (Å²) in [4.78, 5) is 0. The first-order chi connectivity index (χ1) is 9.22. The summed E-state index contributed by atoms with van der Waals surface area (Å²) >= 11 is 7.19. The fourth-order valence-electron chi connectivity index (χ4n) is 2.67. The van der Waals surface area contributed by atoms with Crippen molar-refractivity contribution in [2.45, 2.75) is 44.2 Å². The standard InChI is InChI=1S/C15H15Br2NO/c16-9-5-11-14(8-1-2-8)13(7-18-10-3-4-10)19-15(11)12(17)6-9/h5-6,8,10,18H,1-4,7H2. The lowest BCUT2D eigenvalue weighted by atomic mass is 10.1. The van der Waals surface area contributed by atoms with Crippen molar-refractivity contribution < 1.29 is 4.42 Å². The van der Waals surface area contributed by atoms with Gasteiger partial charge in [-0.1, -0.05) is 15.9 Å². The van der Waals surface area contributed by atoms with Gasteiger partial charge in [0.2, 0.25) is 0 Å². The lowest BCUT2D eigenvalue weighted by Gasteiger charge is -2.02. The van der Waals surface area contributed by atoms with Crippen LogP contribution in [-0.4, -0.2) is 6.04 Å². The minimum absolute atomic E-state index is 0.707. The van der Waals surface area contributed by atoms with Gasteiger partial charge >= 0.3 is 0 Å². The van der Waals surface area contributed by atoms with Crippen LogP contribution in [0.25, 0.3) is 11.0 Å². The minimum Gasteiger partial charge on any atom is -0.458 e. The Balaban J connectivity index is 1.81. The number of furan rings is 1. The maximum atomic E-state index is 6.13. The minimum atomic E-state index is 0.707. The Hall–Kier alpha value is -0.320. The molecular weight excluding hydrogens is 370 g/mol. The third-order valence-electron chi connectivity index (χ3n) is 3.94. The normalized spacial score (nSPS) is 19.3. The van der Waals surface area contributed by atoms with E-state index >= 15 is 0 Å². The molecule has 0 unspecified atom stereocenters. The number of hydrogen-bond donors (Lipinski definition) is 1. The summed E-state index contributed by atoms with van der Waals surface area (Å²) in [6.07, 6.45) is 5.23. The highest BCUT2D eigenvalue weighted by molar-refractivity contribution is 9.11. The van der Waals surface area contributed by atoms with Gasteiger partial charge in [0.1, 0.15) is 11.3 Å². The monoisotopic (exact) mass is 383 g/mol. The largest absolute Gasteiger partial charge is 0.458 e. The Kier molecular flexibility index (Phi) is 3.01. The van der Waals surface area contributed by atoms with Gasteiger partial charge in [-0.2, -0.15) is 0 Å². The second-order valence-corrected chi connectivity index (χ2v) is 7.40. The van der Waals surface area contributed by atoms with Crippen molar-refractivity contribution in [3.05, 3.63) is 32.4 Å². The second-order valence-electron chi connectivity index (χ2n) is 5.63. The first kappa shape index (κ1) is 12.4. The van der Waals surface area contributed by atoms with Crippen LogP contribution >= 0.6 is 31.9 Å². The van der Waals surface area contributed by atoms with E-state index in [0.29, 0.717) is 5.92 Å². The highest BCUT2D eigenvalue weighted by Gasteiger charge is 2.32. The lowest BCUT2D eigenvalue weighted by molar-refractivity contribution is 0.505. The van der Waals surface area contributed by atoms with Crippen LogP contribution in [0.15, 0.2) is 25.5 Å². The maximum Gasteiger partial charge on any atom is 0.148 e. The summed E-state index contributed by atoms with van der Waals surface area (Å²) in [5.74, 6) is 1.85. The third-order valence-corrected chi connectivity index (χ3v) is 4.99. The topological polar surface area (TPSA) is 25.2 Å². The third kappa shape index (κ3) is 2.39. The van der Waals surface area contributed by atoms with Gasteiger partial charge in [-0.25, -0.2) is 0 Å². The van der Waals surface area contributed by atoms with E-state index in [1.165, 1.54) is 36.6 Å². The molecule has 0 saturated heterocycles. The summed E-state index contributed by atoms with van der Waals surface area (Å²) < 4.78 is 8.28. The summed E-state index contributed by atoms with van der Waals surface area (Å²) in [7, 11) is 0. The van der Waals surface area contributed by atoms with E-state index in [9.17, 15) is 0 Å². The molecule has 2 aliphatic rings. The van der Waals surface area contributed by atoms with Gasteiger partial charge in [0, 0.05) is 21.5 Å². The van der Waals surface area contributed by atoms with Crippen LogP contribution in [0.5, 0.6) is 0 Å². The molecule has 2 fully saturated rings. The van der Waals surface area contributed by atoms with Crippen molar-refractivity contribution in [3.63, 3.8) is 0 Å². The molecule has 1 aromatic carbocycles. The zero-order valence-electron chi connectivity index (χ0n) is 10.5. The highest BCUT2D eigenvalue weighted by Crippen LogP contribution is 2.48. The maximum absolute atomic E-state index is 6.13. The fourth-order valence-corrected chi connectivity index (χ4v) is 3.97. The van der Waals surface area contributed by atoms with Crippen molar-refractivity contribution in [2.75, 3.05) is 0 Å². The Morgan fingerprint density at radius 1 is 1.16 bits per heavy atom. The van der Waals surface area contributed by atoms with Crippen molar-refractivity contribution in [2.24, 2.45) is 0 Å². The molecule has 4 rings (SSSR count). The molecule has 1 N–H and O–H groups in total. The molecule has 1 aromatic heterocycles. The Morgan fingerprint density at radius 2 is 1.95 bits per heavy atom. The molecule has 1 heterocycles. The summed E-state index contributed by atoms with van der Waals surface area (Å²) in [6, 6.07) is 4.97. The lowest BCUT2D eigenvalue weighted by Crippen LogP contribution is -2.15. The van der Waals surface area contributed by atoms with E-state index in [-0.39, 0.29) is 0 Å². The van der Waals surface area contributed by atoms with E-state index in [0.717, 1.165) is 32.9 Å². The number of hydrogen-bond acceptors (Lipinski definition) is 2. The van der Waals surface area contributed by atoms with Gasteiger partial charge in [0.25, 0.3) is 0 Å². The van der Waals surface area contributed by atoms with Crippen LogP contribution in [0, 0.1) is 0 Å². The first-order valence-electron chi connectivity index (χ1n) is 6.86. The molecule has 4 heteroatoms. The van der Waals surface area contributed by atoms with Crippen LogP contribution in [-0.2, 0) is 6.54 Å². The molecule has 0 spiro atoms. The van der Waals surface area contributed by atoms with Crippen LogP contribution in [0.3, 0.4) is 0 Å². The summed E-state index contributed by atoms with van der Waals surface area (Å²) in [5, 5.41) is 4.84. The zero-order chi connectivity index (χ0) is 13.0. The van der Waals surface area contributed by atoms with E-state index < -0.39 is 0 Å². The molecule has 2 aromatic rings. The Morgan fingerprint density at radius 3 is 2.63 bits per heavy atom. The number of halogens is 2. The molecule has 0 aliphatic heterocycles. The number of rotatable bonds is 4. The van der Waals surface area contributed by atoms with E-state index in [2.05, 4.69) is 49.3 Å². The second kappa shape index (κ2) is 4.61.